The fourth-order valence-corrected chi connectivity index (χ4v) is 0.580. The van der Waals surface area contributed by atoms with Gasteiger partial charge >= 0.3 is 0 Å². The molecule has 0 radical (unpaired) electrons. The van der Waals surface area contributed by atoms with Gasteiger partial charge in [0.2, 0.25) is 5.78 Å². The van der Waals surface area contributed by atoms with Crippen LogP contribution >= 0.6 is 0 Å². The Bertz CT molecular complexity index is 189. The first kappa shape index (κ1) is 10.8. The van der Waals surface area contributed by atoms with Gasteiger partial charge in [0, 0.05) is 6.54 Å². The van der Waals surface area contributed by atoms with Crippen molar-refractivity contribution in [1.82, 2.24) is 10.6 Å². The molecule has 0 saturated heterocycles. The molecule has 1 atom stereocenters. The van der Waals surface area contributed by atoms with Crippen molar-refractivity contribution in [2.75, 3.05) is 13.6 Å². The van der Waals surface area contributed by atoms with E-state index < -0.39 is 17.7 Å². The second kappa shape index (κ2) is 5.49. The van der Waals surface area contributed by atoms with Crippen LogP contribution in [0, 0.1) is 0 Å². The summed E-state index contributed by atoms with van der Waals surface area (Å²) in [5.74, 6) is -1.03. The highest BCUT2D eigenvalue weighted by atomic mass is 16.2. The van der Waals surface area contributed by atoms with Gasteiger partial charge in [-0.1, -0.05) is 6.08 Å². The maximum absolute atomic E-state index is 11.1. The van der Waals surface area contributed by atoms with E-state index in [4.69, 9.17) is 0 Å². The molecule has 0 aliphatic rings. The molecule has 1 amide bonds. The second-order valence-corrected chi connectivity index (χ2v) is 2.37. The standard InChI is InChI=1S/C8H14N2O2/c1-4-5-10-8(12)7(11)6(2)9-3/h4,6,9H,1,5H2,2-3H3,(H,10,12). The molecule has 0 fully saturated rings. The van der Waals surface area contributed by atoms with Crippen molar-refractivity contribution in [2.24, 2.45) is 0 Å². The van der Waals surface area contributed by atoms with Gasteiger partial charge < -0.3 is 10.6 Å². The number of ketones is 1. The average Bonchev–Trinajstić information content (AvgIpc) is 2.11. The van der Waals surface area contributed by atoms with Gasteiger partial charge in [-0.3, -0.25) is 9.59 Å². The van der Waals surface area contributed by atoms with Crippen LogP contribution in [-0.2, 0) is 9.59 Å². The number of carbonyl (C=O) groups excluding carboxylic acids is 2. The molecule has 12 heavy (non-hydrogen) atoms. The van der Waals surface area contributed by atoms with Crippen LogP contribution in [0.2, 0.25) is 0 Å². The highest BCUT2D eigenvalue weighted by Crippen LogP contribution is 1.83. The summed E-state index contributed by atoms with van der Waals surface area (Å²) in [6, 6.07) is -0.435. The number of rotatable bonds is 5. The fourth-order valence-electron chi connectivity index (χ4n) is 0.580. The van der Waals surface area contributed by atoms with Crippen LogP contribution < -0.4 is 10.6 Å². The van der Waals surface area contributed by atoms with E-state index in [9.17, 15) is 9.59 Å². The van der Waals surface area contributed by atoms with Crippen molar-refractivity contribution in [3.63, 3.8) is 0 Å². The molecule has 0 heterocycles. The number of hydrogen-bond acceptors (Lipinski definition) is 3. The SMILES string of the molecule is C=CCNC(=O)C(=O)C(C)NC. The maximum atomic E-state index is 11.1. The number of carbonyl (C=O) groups is 2. The van der Waals surface area contributed by atoms with Gasteiger partial charge in [-0.25, -0.2) is 0 Å². The van der Waals surface area contributed by atoms with E-state index in [1.165, 1.54) is 6.08 Å². The third kappa shape index (κ3) is 3.30. The summed E-state index contributed by atoms with van der Waals surface area (Å²) < 4.78 is 0. The average molecular weight is 170 g/mol. The molecule has 0 aliphatic carbocycles. The van der Waals surface area contributed by atoms with Gasteiger partial charge in [-0.15, -0.1) is 6.58 Å². The summed E-state index contributed by atoms with van der Waals surface area (Å²) >= 11 is 0. The molecule has 0 aromatic carbocycles. The predicted molar refractivity (Wildman–Crippen MR) is 46.7 cm³/mol. The molecule has 2 N–H and O–H groups in total. The quantitative estimate of drug-likeness (QED) is 0.430. The zero-order chi connectivity index (χ0) is 9.56. The molecule has 4 heteroatoms. The van der Waals surface area contributed by atoms with Crippen molar-refractivity contribution in [2.45, 2.75) is 13.0 Å². The summed E-state index contributed by atoms with van der Waals surface area (Å²) in [5.41, 5.74) is 0. The number of likely N-dealkylation sites (N-methyl/N-ethyl adjacent to an activating group) is 1. The van der Waals surface area contributed by atoms with Crippen LogP contribution in [0.25, 0.3) is 0 Å². The van der Waals surface area contributed by atoms with Crippen LogP contribution in [0.3, 0.4) is 0 Å². The highest BCUT2D eigenvalue weighted by molar-refractivity contribution is 6.38. The van der Waals surface area contributed by atoms with E-state index >= 15 is 0 Å². The Balaban J connectivity index is 3.92. The summed E-state index contributed by atoms with van der Waals surface area (Å²) in [4.78, 5) is 22.0. The largest absolute Gasteiger partial charge is 0.346 e. The van der Waals surface area contributed by atoms with E-state index in [1.54, 1.807) is 14.0 Å². The lowest BCUT2D eigenvalue weighted by molar-refractivity contribution is -0.138. The molecule has 0 aliphatic heterocycles. The van der Waals surface area contributed by atoms with Crippen molar-refractivity contribution in [1.29, 1.82) is 0 Å². The van der Waals surface area contributed by atoms with Crippen LogP contribution in [0.5, 0.6) is 0 Å². The normalized spacial score (nSPS) is 11.8. The van der Waals surface area contributed by atoms with Gasteiger partial charge in [0.05, 0.1) is 6.04 Å². The molecule has 0 spiro atoms. The molecule has 0 bridgehead atoms. The van der Waals surface area contributed by atoms with Crippen molar-refractivity contribution in [3.05, 3.63) is 12.7 Å². The van der Waals surface area contributed by atoms with Crippen LogP contribution in [0.15, 0.2) is 12.7 Å². The topological polar surface area (TPSA) is 58.2 Å². The van der Waals surface area contributed by atoms with E-state index in [1.807, 2.05) is 0 Å². The third-order valence-corrected chi connectivity index (χ3v) is 1.46. The molecule has 0 aromatic rings. The van der Waals surface area contributed by atoms with Crippen molar-refractivity contribution >= 4 is 11.7 Å². The minimum Gasteiger partial charge on any atom is -0.346 e. The lowest BCUT2D eigenvalue weighted by atomic mass is 10.2. The lowest BCUT2D eigenvalue weighted by Crippen LogP contribution is -2.42. The molecule has 68 valence electrons. The van der Waals surface area contributed by atoms with Gasteiger partial charge in [0.25, 0.3) is 5.91 Å². The number of nitrogens with one attached hydrogen (secondary N) is 2. The first-order valence-corrected chi connectivity index (χ1v) is 3.73. The minimum atomic E-state index is -0.572. The Morgan fingerprint density at radius 3 is 2.58 bits per heavy atom. The Hall–Kier alpha value is -1.16. The highest BCUT2D eigenvalue weighted by Gasteiger charge is 2.18. The Morgan fingerprint density at radius 2 is 2.17 bits per heavy atom. The van der Waals surface area contributed by atoms with E-state index in [0.717, 1.165) is 0 Å². The lowest BCUT2D eigenvalue weighted by Gasteiger charge is -2.07. The number of hydrogen-bond donors (Lipinski definition) is 2. The van der Waals surface area contributed by atoms with Crippen LogP contribution in [0.1, 0.15) is 6.92 Å². The van der Waals surface area contributed by atoms with Gasteiger partial charge in [0.15, 0.2) is 0 Å². The number of amides is 1. The van der Waals surface area contributed by atoms with E-state index in [-0.39, 0.29) is 0 Å². The zero-order valence-electron chi connectivity index (χ0n) is 7.39. The zero-order valence-corrected chi connectivity index (χ0v) is 7.39. The minimum absolute atomic E-state index is 0.320. The van der Waals surface area contributed by atoms with Gasteiger partial charge in [-0.2, -0.15) is 0 Å². The Labute approximate surface area is 72.0 Å². The molecular formula is C8H14N2O2. The molecule has 0 saturated carbocycles. The summed E-state index contributed by atoms with van der Waals surface area (Å²) in [5, 5.41) is 5.09. The maximum Gasteiger partial charge on any atom is 0.289 e. The molecule has 0 rings (SSSR count). The van der Waals surface area contributed by atoms with Gasteiger partial charge in [-0.05, 0) is 14.0 Å². The molecule has 0 aromatic heterocycles. The first-order valence-electron chi connectivity index (χ1n) is 3.73. The molecule has 4 nitrogen and oxygen atoms in total. The first-order chi connectivity index (χ1) is 5.63. The Kier molecular flexibility index (Phi) is 4.96. The van der Waals surface area contributed by atoms with Crippen LogP contribution in [-0.4, -0.2) is 31.3 Å². The van der Waals surface area contributed by atoms with E-state index in [2.05, 4.69) is 17.2 Å². The summed E-state index contributed by atoms with van der Waals surface area (Å²) in [6.45, 7) is 5.37. The molecule has 1 unspecified atom stereocenters. The van der Waals surface area contributed by atoms with Crippen LogP contribution in [0.4, 0.5) is 0 Å². The fraction of sp³-hybridized carbons (Fsp3) is 0.500. The predicted octanol–water partition coefficient (Wildman–Crippen LogP) is -0.534. The smallest absolute Gasteiger partial charge is 0.289 e. The van der Waals surface area contributed by atoms with Crippen molar-refractivity contribution in [3.8, 4) is 0 Å². The number of Topliss-reactive ketones (excluding diaryl/α,β-unsaturated/α-hetero) is 1. The Morgan fingerprint density at radius 1 is 1.58 bits per heavy atom. The molecular weight excluding hydrogens is 156 g/mol. The monoisotopic (exact) mass is 170 g/mol. The summed E-state index contributed by atoms with van der Waals surface area (Å²) in [6.07, 6.45) is 1.52. The van der Waals surface area contributed by atoms with Crippen molar-refractivity contribution < 1.29 is 9.59 Å². The third-order valence-electron chi connectivity index (χ3n) is 1.46. The summed E-state index contributed by atoms with van der Waals surface area (Å²) in [7, 11) is 1.63. The van der Waals surface area contributed by atoms with Gasteiger partial charge in [0.1, 0.15) is 0 Å². The van der Waals surface area contributed by atoms with E-state index in [0.29, 0.717) is 6.54 Å². The second-order valence-electron chi connectivity index (χ2n) is 2.37.